The topological polar surface area (TPSA) is 49.3 Å². The van der Waals surface area contributed by atoms with Crippen molar-refractivity contribution in [2.45, 2.75) is 52.0 Å². The van der Waals surface area contributed by atoms with E-state index in [-0.39, 0.29) is 11.8 Å². The van der Waals surface area contributed by atoms with Gasteiger partial charge in [-0.25, -0.2) is 0 Å². The number of aliphatic carboxylic acids is 1. The van der Waals surface area contributed by atoms with Crippen LogP contribution in [0.25, 0.3) is 0 Å². The first-order valence-electron chi connectivity index (χ1n) is 6.21. The first kappa shape index (κ1) is 14.6. The summed E-state index contributed by atoms with van der Waals surface area (Å²) in [6.45, 7) is 10.3. The van der Waals surface area contributed by atoms with Crippen molar-refractivity contribution in [2.75, 3.05) is 5.32 Å². The summed E-state index contributed by atoms with van der Waals surface area (Å²) in [4.78, 5) is 10.8. The number of para-hydroxylation sites is 1. The molecule has 3 heteroatoms. The summed E-state index contributed by atoms with van der Waals surface area (Å²) >= 11 is 0. The Labute approximate surface area is 109 Å². The quantitative estimate of drug-likeness (QED) is 0.856. The van der Waals surface area contributed by atoms with Crippen LogP contribution in [-0.2, 0) is 10.2 Å². The van der Waals surface area contributed by atoms with Crippen LogP contribution in [0.4, 0.5) is 5.69 Å². The lowest BCUT2D eigenvalue weighted by Crippen LogP contribution is -2.34. The number of hydrogen-bond donors (Lipinski definition) is 2. The van der Waals surface area contributed by atoms with Gasteiger partial charge in [-0.05, 0) is 30.9 Å². The smallest absolute Gasteiger partial charge is 0.305 e. The average molecular weight is 249 g/mol. The molecule has 0 fully saturated rings. The maximum absolute atomic E-state index is 10.8. The van der Waals surface area contributed by atoms with Crippen molar-refractivity contribution in [3.05, 3.63) is 29.8 Å². The third-order valence-corrected chi connectivity index (χ3v) is 2.80. The second-order valence-corrected chi connectivity index (χ2v) is 6.37. The van der Waals surface area contributed by atoms with Gasteiger partial charge in [0.05, 0.1) is 6.42 Å². The van der Waals surface area contributed by atoms with E-state index in [4.69, 9.17) is 5.11 Å². The monoisotopic (exact) mass is 249 g/mol. The fourth-order valence-corrected chi connectivity index (χ4v) is 2.03. The molecule has 2 N–H and O–H groups in total. The highest BCUT2D eigenvalue weighted by Gasteiger charge is 2.24. The molecule has 18 heavy (non-hydrogen) atoms. The van der Waals surface area contributed by atoms with Crippen LogP contribution in [-0.4, -0.2) is 16.6 Å². The summed E-state index contributed by atoms with van der Waals surface area (Å²) in [6, 6.07) is 8.06. The second kappa shape index (κ2) is 5.01. The van der Waals surface area contributed by atoms with Gasteiger partial charge in [-0.1, -0.05) is 39.0 Å². The summed E-state index contributed by atoms with van der Waals surface area (Å²) in [5, 5.41) is 12.3. The summed E-state index contributed by atoms with van der Waals surface area (Å²) < 4.78 is 0. The van der Waals surface area contributed by atoms with E-state index in [0.29, 0.717) is 0 Å². The third-order valence-electron chi connectivity index (χ3n) is 2.80. The fourth-order valence-electron chi connectivity index (χ4n) is 2.03. The van der Waals surface area contributed by atoms with Gasteiger partial charge in [-0.15, -0.1) is 0 Å². The molecule has 0 amide bonds. The molecule has 0 aliphatic carbocycles. The molecule has 0 heterocycles. The molecular weight excluding hydrogens is 226 g/mol. The molecule has 0 aromatic heterocycles. The number of carbonyl (C=O) groups is 1. The minimum Gasteiger partial charge on any atom is -0.481 e. The highest BCUT2D eigenvalue weighted by molar-refractivity contribution is 5.69. The van der Waals surface area contributed by atoms with Gasteiger partial charge in [-0.3, -0.25) is 4.79 Å². The number of nitrogens with one attached hydrogen (secondary N) is 1. The average Bonchev–Trinajstić information content (AvgIpc) is 2.13. The zero-order chi connectivity index (χ0) is 14.0. The van der Waals surface area contributed by atoms with Crippen LogP contribution < -0.4 is 5.32 Å². The molecular formula is C15H23NO2. The molecule has 0 aliphatic heterocycles. The second-order valence-electron chi connectivity index (χ2n) is 6.37. The maximum Gasteiger partial charge on any atom is 0.305 e. The molecule has 0 spiro atoms. The molecule has 0 aliphatic rings. The Morgan fingerprint density at radius 1 is 1.17 bits per heavy atom. The summed E-state index contributed by atoms with van der Waals surface area (Å²) in [6.07, 6.45) is 0.0888. The molecule has 100 valence electrons. The lowest BCUT2D eigenvalue weighted by atomic mass is 9.85. The minimum absolute atomic E-state index is 0.0307. The zero-order valence-corrected chi connectivity index (χ0v) is 11.9. The van der Waals surface area contributed by atoms with Gasteiger partial charge in [0.25, 0.3) is 0 Å². The van der Waals surface area contributed by atoms with Gasteiger partial charge in [0.1, 0.15) is 0 Å². The number of benzene rings is 1. The van der Waals surface area contributed by atoms with E-state index in [0.717, 1.165) is 5.69 Å². The maximum atomic E-state index is 10.8. The van der Waals surface area contributed by atoms with Crippen LogP contribution in [0.3, 0.4) is 0 Å². The molecule has 1 rings (SSSR count). The Bertz CT molecular complexity index is 430. The highest BCUT2D eigenvalue weighted by Crippen LogP contribution is 2.31. The fraction of sp³-hybridized carbons (Fsp3) is 0.533. The van der Waals surface area contributed by atoms with Crippen molar-refractivity contribution in [2.24, 2.45) is 0 Å². The Morgan fingerprint density at radius 3 is 2.22 bits per heavy atom. The number of hydrogen-bond acceptors (Lipinski definition) is 2. The number of carboxylic acids is 1. The Morgan fingerprint density at radius 2 is 1.72 bits per heavy atom. The first-order valence-corrected chi connectivity index (χ1v) is 6.21. The molecule has 1 aromatic rings. The predicted octanol–water partition coefficient (Wildman–Crippen LogP) is 3.65. The highest BCUT2D eigenvalue weighted by atomic mass is 16.4. The van der Waals surface area contributed by atoms with E-state index in [1.165, 1.54) is 5.56 Å². The molecule has 0 saturated carbocycles. The molecule has 3 nitrogen and oxygen atoms in total. The van der Waals surface area contributed by atoms with E-state index < -0.39 is 11.5 Å². The summed E-state index contributed by atoms with van der Waals surface area (Å²) in [5.74, 6) is -0.791. The van der Waals surface area contributed by atoms with Gasteiger partial charge < -0.3 is 10.4 Å². The van der Waals surface area contributed by atoms with Crippen LogP contribution >= 0.6 is 0 Å². The van der Waals surface area contributed by atoms with E-state index in [1.807, 2.05) is 32.0 Å². The Hall–Kier alpha value is -1.51. The zero-order valence-electron chi connectivity index (χ0n) is 11.9. The predicted molar refractivity (Wildman–Crippen MR) is 75.1 cm³/mol. The van der Waals surface area contributed by atoms with Crippen molar-refractivity contribution < 1.29 is 9.90 Å². The van der Waals surface area contributed by atoms with Crippen LogP contribution in [0.15, 0.2) is 24.3 Å². The summed E-state index contributed by atoms with van der Waals surface area (Å²) in [7, 11) is 0. The molecule has 0 atom stereocenters. The van der Waals surface area contributed by atoms with Gasteiger partial charge >= 0.3 is 5.97 Å². The Balaban J connectivity index is 3.01. The van der Waals surface area contributed by atoms with E-state index >= 15 is 0 Å². The molecule has 0 saturated heterocycles. The van der Waals surface area contributed by atoms with Gasteiger partial charge in [0, 0.05) is 11.2 Å². The van der Waals surface area contributed by atoms with Crippen LogP contribution in [0.1, 0.15) is 46.6 Å². The van der Waals surface area contributed by atoms with E-state index in [1.54, 1.807) is 0 Å². The Kier molecular flexibility index (Phi) is 4.05. The number of rotatable bonds is 4. The van der Waals surface area contributed by atoms with Crippen LogP contribution in [0.2, 0.25) is 0 Å². The largest absolute Gasteiger partial charge is 0.481 e. The van der Waals surface area contributed by atoms with E-state index in [2.05, 4.69) is 32.2 Å². The van der Waals surface area contributed by atoms with Crippen molar-refractivity contribution in [1.82, 2.24) is 0 Å². The SMILES string of the molecule is CC(C)(CC(=O)O)Nc1ccccc1C(C)(C)C. The minimum atomic E-state index is -0.791. The number of carboxylic acid groups (broad SMARTS) is 1. The van der Waals surface area contributed by atoms with Crippen molar-refractivity contribution >= 4 is 11.7 Å². The van der Waals surface area contributed by atoms with Crippen LogP contribution in [0, 0.1) is 0 Å². The van der Waals surface area contributed by atoms with Gasteiger partial charge in [0.15, 0.2) is 0 Å². The summed E-state index contributed by atoms with van der Waals surface area (Å²) in [5.41, 5.74) is 1.77. The first-order chi connectivity index (χ1) is 8.12. The molecule has 0 unspecified atom stereocenters. The van der Waals surface area contributed by atoms with Gasteiger partial charge in [-0.2, -0.15) is 0 Å². The molecule has 1 aromatic carbocycles. The molecule has 0 radical (unpaired) electrons. The number of anilines is 1. The normalized spacial score (nSPS) is 12.3. The lowest BCUT2D eigenvalue weighted by molar-refractivity contribution is -0.137. The molecule has 0 bridgehead atoms. The lowest BCUT2D eigenvalue weighted by Gasteiger charge is -2.30. The van der Waals surface area contributed by atoms with Crippen LogP contribution in [0.5, 0.6) is 0 Å². The van der Waals surface area contributed by atoms with Crippen molar-refractivity contribution in [3.63, 3.8) is 0 Å². The van der Waals surface area contributed by atoms with Crippen molar-refractivity contribution in [3.8, 4) is 0 Å². The van der Waals surface area contributed by atoms with Gasteiger partial charge in [0.2, 0.25) is 0 Å². The standard InChI is InChI=1S/C15H23NO2/c1-14(2,3)11-8-6-7-9-12(11)16-15(4,5)10-13(17)18/h6-9,16H,10H2,1-5H3,(H,17,18). The van der Waals surface area contributed by atoms with Crippen molar-refractivity contribution in [1.29, 1.82) is 0 Å². The van der Waals surface area contributed by atoms with E-state index in [9.17, 15) is 4.79 Å². The third kappa shape index (κ3) is 4.06.